The summed E-state index contributed by atoms with van der Waals surface area (Å²) in [7, 11) is 0. The molecule has 0 aliphatic heterocycles. The van der Waals surface area contributed by atoms with Gasteiger partial charge in [-0.25, -0.2) is 0 Å². The molecule has 0 N–H and O–H groups in total. The first kappa shape index (κ1) is 75.5. The highest BCUT2D eigenvalue weighted by molar-refractivity contribution is 5.53. The molecule has 0 bridgehead atoms. The van der Waals surface area contributed by atoms with Gasteiger partial charge in [0.15, 0.2) is 0 Å². The van der Waals surface area contributed by atoms with Gasteiger partial charge in [-0.2, -0.15) is 119 Å². The minimum Gasteiger partial charge on any atom is -0.192 e. The van der Waals surface area contributed by atoms with E-state index in [1.54, 1.807) is 51.1 Å². The fraction of sp³-hybridized carbons (Fsp3) is 0.230. The minimum atomic E-state index is -4.76. The zero-order chi connectivity index (χ0) is 67.3. The smallest absolute Gasteiger partial charge is 0.192 e. The first-order valence-corrected chi connectivity index (χ1v) is 23.9. The number of aryl methyl sites for hydroxylation is 5. The summed E-state index contributed by atoms with van der Waals surface area (Å²) >= 11 is 0. The van der Waals surface area contributed by atoms with E-state index in [0.29, 0.717) is 57.1 Å². The lowest BCUT2D eigenvalue weighted by molar-refractivity contribution is -0.145. The van der Waals surface area contributed by atoms with Crippen molar-refractivity contribution in [2.24, 2.45) is 0 Å². The Bertz CT molecular complexity index is 3510. The van der Waals surface area contributed by atoms with Crippen LogP contribution < -0.4 is 0 Å². The lowest BCUT2D eigenvalue weighted by atomic mass is 10.0. The molecule has 0 spiro atoms. The first-order valence-electron chi connectivity index (χ1n) is 23.9. The number of rotatable bonds is 0. The summed E-state index contributed by atoms with van der Waals surface area (Å²) < 4.78 is 254. The maximum Gasteiger partial charge on any atom is 0.416 e. The monoisotopic (exact) mass is 1250 g/mol. The molecule has 5 nitrogen and oxygen atoms in total. The summed E-state index contributed by atoms with van der Waals surface area (Å²) in [6, 6.07) is 37.2. The number of nitriles is 5. The van der Waals surface area contributed by atoms with E-state index in [4.69, 9.17) is 26.3 Å². The number of hydrogen-bond donors (Lipinski definition) is 0. The van der Waals surface area contributed by atoms with Crippen molar-refractivity contribution < 1.29 is 92.2 Å². The Hall–Kier alpha value is -9.48. The quantitative estimate of drug-likeness (QED) is 0.140. The highest BCUT2D eigenvalue weighted by atomic mass is 19.4. The molecule has 0 amide bonds. The van der Waals surface area contributed by atoms with Gasteiger partial charge in [-0.3, -0.25) is 0 Å². The van der Waals surface area contributed by atoms with E-state index in [0.717, 1.165) is 67.4 Å². The Balaban J connectivity index is 0.000000510. The zero-order valence-corrected chi connectivity index (χ0v) is 46.0. The van der Waals surface area contributed by atoms with Crippen molar-refractivity contribution in [3.8, 4) is 30.3 Å². The van der Waals surface area contributed by atoms with E-state index in [1.807, 2.05) is 37.3 Å². The first-order chi connectivity index (χ1) is 39.8. The number of benzene rings is 7. The van der Waals surface area contributed by atoms with Gasteiger partial charge >= 0.3 is 43.2 Å². The van der Waals surface area contributed by atoms with Crippen LogP contribution in [-0.4, -0.2) is 0 Å². The molecule has 0 saturated carbocycles. The summed E-state index contributed by atoms with van der Waals surface area (Å²) in [5.41, 5.74) is -2.31. The van der Waals surface area contributed by atoms with E-state index in [1.165, 1.54) is 49.4 Å². The van der Waals surface area contributed by atoms with Crippen LogP contribution in [0.15, 0.2) is 140 Å². The maximum absolute atomic E-state index is 12.2. The third kappa shape index (κ3) is 25.7. The van der Waals surface area contributed by atoms with Crippen molar-refractivity contribution in [1.82, 2.24) is 0 Å². The van der Waals surface area contributed by atoms with Gasteiger partial charge in [0.05, 0.1) is 97.1 Å². The van der Waals surface area contributed by atoms with Gasteiger partial charge < -0.3 is 0 Å². The van der Waals surface area contributed by atoms with Crippen LogP contribution in [0.5, 0.6) is 0 Å². The van der Waals surface area contributed by atoms with Gasteiger partial charge in [-0.05, 0) is 155 Å². The molecular formula is C61H44F21N5. The largest absolute Gasteiger partial charge is 0.416 e. The lowest BCUT2D eigenvalue weighted by Crippen LogP contribution is -2.14. The summed E-state index contributed by atoms with van der Waals surface area (Å²) in [5, 5.41) is 43.0. The second kappa shape index (κ2) is 31.6. The van der Waals surface area contributed by atoms with Crippen LogP contribution in [0.2, 0.25) is 0 Å². The zero-order valence-electron chi connectivity index (χ0n) is 46.0. The molecule has 87 heavy (non-hydrogen) atoms. The van der Waals surface area contributed by atoms with Crippen molar-refractivity contribution in [2.75, 3.05) is 0 Å². The molecule has 7 rings (SSSR count). The van der Waals surface area contributed by atoms with E-state index < -0.39 is 87.7 Å². The SMILES string of the molecule is Cc1c(C#N)cc(C#N)cc1C#N.Cc1c(C(F)(F)F)cccc1C(F)(F)F.Cc1cc(C#N)cc(C#N)c1.Cc1ccc(C(F)(F)F)cc1.Cc1ccc(C(F)(F)F)cc1C(F)(F)F.Cc1cccc(C(F)(F)F)c1.Cc1ccccc1C(F)(F)F. The summed E-state index contributed by atoms with van der Waals surface area (Å²) in [5.74, 6) is 0. The van der Waals surface area contributed by atoms with Crippen LogP contribution in [0.25, 0.3) is 0 Å². The molecule has 0 radical (unpaired) electrons. The van der Waals surface area contributed by atoms with Gasteiger partial charge in [0.25, 0.3) is 0 Å². The third-order valence-corrected chi connectivity index (χ3v) is 11.1. The summed E-state index contributed by atoms with van der Waals surface area (Å²) in [6.07, 6.45) is -31.7. The maximum atomic E-state index is 12.2. The van der Waals surface area contributed by atoms with Crippen LogP contribution in [0.3, 0.4) is 0 Å². The van der Waals surface area contributed by atoms with Crippen molar-refractivity contribution in [3.63, 3.8) is 0 Å². The van der Waals surface area contributed by atoms with E-state index in [-0.39, 0.29) is 17.2 Å². The second-order valence-electron chi connectivity index (χ2n) is 17.9. The summed E-state index contributed by atoms with van der Waals surface area (Å²) in [4.78, 5) is 0. The third-order valence-electron chi connectivity index (χ3n) is 11.1. The average Bonchev–Trinajstić information content (AvgIpc) is 1.42. The molecule has 0 saturated heterocycles. The number of hydrogen-bond acceptors (Lipinski definition) is 5. The molecule has 0 heterocycles. The molecular weight excluding hydrogens is 1200 g/mol. The fourth-order valence-electron chi connectivity index (χ4n) is 6.73. The van der Waals surface area contributed by atoms with Crippen LogP contribution >= 0.6 is 0 Å². The van der Waals surface area contributed by atoms with Crippen molar-refractivity contribution in [3.05, 3.63) is 245 Å². The molecule has 0 unspecified atom stereocenters. The molecule has 460 valence electrons. The predicted molar refractivity (Wildman–Crippen MR) is 277 cm³/mol. The van der Waals surface area contributed by atoms with Gasteiger partial charge in [0.2, 0.25) is 0 Å². The lowest BCUT2D eigenvalue weighted by Gasteiger charge is -2.15. The number of halogens is 21. The second-order valence-corrected chi connectivity index (χ2v) is 17.9. The minimum absolute atomic E-state index is 0.120. The number of alkyl halides is 21. The molecule has 0 aliphatic carbocycles. The Kier molecular flexibility index (Phi) is 27.4. The highest BCUT2D eigenvalue weighted by Gasteiger charge is 2.40. The molecule has 0 atom stereocenters. The van der Waals surface area contributed by atoms with Crippen LogP contribution in [0.1, 0.15) is 106 Å². The predicted octanol–water partition coefficient (Wildman–Crippen LogP) is 20.5. The van der Waals surface area contributed by atoms with Gasteiger partial charge in [-0.1, -0.05) is 71.8 Å². The van der Waals surface area contributed by atoms with E-state index in [9.17, 15) is 92.2 Å². The van der Waals surface area contributed by atoms with Crippen molar-refractivity contribution in [1.29, 1.82) is 26.3 Å². The fourth-order valence-corrected chi connectivity index (χ4v) is 6.73. The topological polar surface area (TPSA) is 119 Å². The van der Waals surface area contributed by atoms with Crippen LogP contribution in [0.4, 0.5) is 92.2 Å². The Labute approximate surface area is 484 Å². The molecule has 7 aromatic rings. The molecule has 0 fully saturated rings. The van der Waals surface area contributed by atoms with E-state index >= 15 is 0 Å². The summed E-state index contributed by atoms with van der Waals surface area (Å²) in [6.45, 7) is 10.3. The van der Waals surface area contributed by atoms with Crippen molar-refractivity contribution in [2.45, 2.75) is 91.7 Å². The highest BCUT2D eigenvalue weighted by Crippen LogP contribution is 2.40. The molecule has 0 aliphatic rings. The average molecular weight is 1250 g/mol. The molecule has 0 aromatic heterocycles. The van der Waals surface area contributed by atoms with Gasteiger partial charge in [0, 0.05) is 0 Å². The Morgan fingerprint density at radius 3 is 0.954 bits per heavy atom. The number of nitrogens with zero attached hydrogens (tertiary/aromatic N) is 5. The normalized spacial score (nSPS) is 11.2. The van der Waals surface area contributed by atoms with Crippen molar-refractivity contribution >= 4 is 0 Å². The Morgan fingerprint density at radius 2 is 0.609 bits per heavy atom. The van der Waals surface area contributed by atoms with E-state index in [2.05, 4.69) is 0 Å². The Morgan fingerprint density at radius 1 is 0.253 bits per heavy atom. The van der Waals surface area contributed by atoms with Crippen LogP contribution in [0, 0.1) is 105 Å². The van der Waals surface area contributed by atoms with Gasteiger partial charge in [0.1, 0.15) is 0 Å². The molecule has 26 heteroatoms. The standard InChI is InChI=1S/C10H5N3.2C9H6F6.C9H6N2.3C8H7F3/c1-7-9(5-12)2-8(4-11)3-10(7)6-13;1-5-2-3-6(8(10,11)12)4-7(5)9(13,14)15;1-5-6(8(10,11)12)3-2-4-7(5)9(13,14)15;1-7-2-8(5-10)4-9(3-7)6-11;1-6-2-4-7(5-3-6)8(9,10)11;1-6-3-2-4-7(5-6)8(9,10)11;1-6-4-2-3-5-7(6)8(9,10)11/h2-3H,1H3;2*2-4H,1H3;2-4H,1H3;3*2-5H,1H3. The van der Waals surface area contributed by atoms with Gasteiger partial charge in [-0.15, -0.1) is 0 Å². The molecule has 7 aromatic carbocycles. The van der Waals surface area contributed by atoms with Crippen LogP contribution in [-0.2, 0) is 43.2 Å².